The van der Waals surface area contributed by atoms with Gasteiger partial charge in [-0.3, -0.25) is 0 Å². The number of rotatable bonds is 2. The lowest BCUT2D eigenvalue weighted by molar-refractivity contribution is 0.332. The summed E-state index contributed by atoms with van der Waals surface area (Å²) >= 11 is 0. The van der Waals surface area contributed by atoms with Crippen molar-refractivity contribution in [1.29, 1.82) is 0 Å². The number of anilines is 6. The SMILES string of the molecule is CC(C)(C)c1cc2c3c(c1)N(c1cccc4oc5ccccc5c14)c1c(oc4ccc(C(C)(C)C)cc14)B3c1cc3c(cc1N2c1ccc2c(c1)C(C)(C)CCC2(C)C)C(C)(C)CCC3(C)C. The van der Waals surface area contributed by atoms with Crippen LogP contribution in [0.2, 0.25) is 0 Å². The summed E-state index contributed by atoms with van der Waals surface area (Å²) in [5.74, 6) is 0. The molecule has 0 saturated carbocycles. The van der Waals surface area contributed by atoms with Crippen LogP contribution in [0.5, 0.6) is 0 Å². The van der Waals surface area contributed by atoms with Crippen molar-refractivity contribution in [3.63, 3.8) is 0 Å². The second-order valence-electron chi connectivity index (χ2n) is 25.5. The Labute approximate surface area is 398 Å². The van der Waals surface area contributed by atoms with E-state index in [9.17, 15) is 0 Å². The van der Waals surface area contributed by atoms with E-state index in [1.54, 1.807) is 0 Å². The molecule has 2 aliphatic carbocycles. The highest BCUT2D eigenvalue weighted by molar-refractivity contribution is 7.00. The van der Waals surface area contributed by atoms with Gasteiger partial charge in [0.1, 0.15) is 16.7 Å². The van der Waals surface area contributed by atoms with Crippen molar-refractivity contribution in [2.24, 2.45) is 0 Å². The molecule has 5 heteroatoms. The maximum atomic E-state index is 7.51. The Bertz CT molecular complexity index is 3410. The molecular formula is C62H67BN2O2. The second kappa shape index (κ2) is 13.5. The van der Waals surface area contributed by atoms with Gasteiger partial charge in [-0.05, 0) is 163 Å². The van der Waals surface area contributed by atoms with Crippen LogP contribution in [0.1, 0.15) is 156 Å². The van der Waals surface area contributed by atoms with Crippen LogP contribution in [0.25, 0.3) is 32.9 Å². The molecule has 0 atom stereocenters. The van der Waals surface area contributed by atoms with E-state index in [0.717, 1.165) is 69.2 Å². The molecule has 67 heavy (non-hydrogen) atoms. The average Bonchev–Trinajstić information content (AvgIpc) is 3.84. The number of furan rings is 2. The third kappa shape index (κ3) is 6.11. The first-order valence-corrected chi connectivity index (χ1v) is 25.0. The maximum Gasteiger partial charge on any atom is 0.297 e. The second-order valence-corrected chi connectivity index (χ2v) is 25.5. The Morgan fingerprint density at radius 3 is 1.72 bits per heavy atom. The molecule has 8 aromatic rings. The highest BCUT2D eigenvalue weighted by Crippen LogP contribution is 2.55. The van der Waals surface area contributed by atoms with Gasteiger partial charge in [0.2, 0.25) is 0 Å². The molecular weight excluding hydrogens is 816 g/mol. The highest BCUT2D eigenvalue weighted by atomic mass is 16.3. The summed E-state index contributed by atoms with van der Waals surface area (Å²) in [6.07, 6.45) is 4.65. The topological polar surface area (TPSA) is 32.8 Å². The van der Waals surface area contributed by atoms with Crippen LogP contribution in [0.15, 0.2) is 112 Å². The van der Waals surface area contributed by atoms with Crippen LogP contribution in [0, 0.1) is 0 Å². The van der Waals surface area contributed by atoms with Crippen molar-refractivity contribution >= 4 is 90.3 Å². The molecule has 340 valence electrons. The molecule has 4 nitrogen and oxygen atoms in total. The molecule has 0 saturated heterocycles. The van der Waals surface area contributed by atoms with Crippen molar-refractivity contribution in [2.45, 2.75) is 155 Å². The first-order chi connectivity index (χ1) is 31.4. The zero-order chi connectivity index (χ0) is 47.1. The molecule has 0 fully saturated rings. The number of benzene rings is 6. The van der Waals surface area contributed by atoms with Crippen LogP contribution in [-0.2, 0) is 32.5 Å². The Morgan fingerprint density at radius 2 is 1.04 bits per heavy atom. The van der Waals surface area contributed by atoms with E-state index in [2.05, 4.69) is 210 Å². The van der Waals surface area contributed by atoms with Crippen molar-refractivity contribution in [3.05, 3.63) is 137 Å². The number of fused-ring (bicyclic) bond motifs is 11. The molecule has 6 aromatic carbocycles. The third-order valence-corrected chi connectivity index (χ3v) is 17.1. The molecule has 0 spiro atoms. The Hall–Kier alpha value is -5.68. The van der Waals surface area contributed by atoms with Crippen LogP contribution in [0.3, 0.4) is 0 Å². The predicted molar refractivity (Wildman–Crippen MR) is 285 cm³/mol. The summed E-state index contributed by atoms with van der Waals surface area (Å²) < 4.78 is 14.2. The lowest BCUT2D eigenvalue weighted by Crippen LogP contribution is -2.61. The molecule has 0 radical (unpaired) electrons. The van der Waals surface area contributed by atoms with Gasteiger partial charge in [-0.15, -0.1) is 0 Å². The van der Waals surface area contributed by atoms with Gasteiger partial charge in [0.25, 0.3) is 6.71 Å². The van der Waals surface area contributed by atoms with E-state index >= 15 is 0 Å². The molecule has 0 bridgehead atoms. The summed E-state index contributed by atoms with van der Waals surface area (Å²) in [7, 11) is 0. The Kier molecular flexibility index (Phi) is 8.61. The van der Waals surface area contributed by atoms with Gasteiger partial charge in [0.15, 0.2) is 0 Å². The molecule has 0 N–H and O–H groups in total. The molecule has 4 aliphatic rings. The first kappa shape index (κ1) is 42.7. The number of nitrogens with zero attached hydrogens (tertiary/aromatic N) is 2. The van der Waals surface area contributed by atoms with Crippen LogP contribution in [-0.4, -0.2) is 6.71 Å². The summed E-state index contributed by atoms with van der Waals surface area (Å²) in [4.78, 5) is 5.25. The Balaban J connectivity index is 1.26. The molecule has 12 rings (SSSR count). The van der Waals surface area contributed by atoms with Gasteiger partial charge in [0, 0.05) is 33.5 Å². The quantitative estimate of drug-likeness (QED) is 0.162. The largest absolute Gasteiger partial charge is 0.468 e. The maximum absolute atomic E-state index is 7.51. The summed E-state index contributed by atoms with van der Waals surface area (Å²) in [6, 6.07) is 39.9. The van der Waals surface area contributed by atoms with E-state index < -0.39 is 0 Å². The van der Waals surface area contributed by atoms with E-state index in [-0.39, 0.29) is 39.2 Å². The van der Waals surface area contributed by atoms with Crippen molar-refractivity contribution in [2.75, 3.05) is 9.80 Å². The molecule has 0 unspecified atom stereocenters. The monoisotopic (exact) mass is 883 g/mol. The van der Waals surface area contributed by atoms with Gasteiger partial charge in [-0.25, -0.2) is 0 Å². The summed E-state index contributed by atoms with van der Waals surface area (Å²) in [5, 5.41) is 3.37. The fraction of sp³-hybridized carbons (Fsp3) is 0.387. The van der Waals surface area contributed by atoms with Gasteiger partial charge >= 0.3 is 0 Å². The van der Waals surface area contributed by atoms with Crippen LogP contribution >= 0.6 is 0 Å². The van der Waals surface area contributed by atoms with Gasteiger partial charge in [-0.1, -0.05) is 139 Å². The van der Waals surface area contributed by atoms with E-state index in [1.165, 1.54) is 73.5 Å². The summed E-state index contributed by atoms with van der Waals surface area (Å²) in [5.41, 5.74) is 21.9. The van der Waals surface area contributed by atoms with E-state index in [1.807, 2.05) is 0 Å². The average molecular weight is 883 g/mol. The van der Waals surface area contributed by atoms with Crippen molar-refractivity contribution in [3.8, 4) is 0 Å². The molecule has 2 aromatic heterocycles. The van der Waals surface area contributed by atoms with Gasteiger partial charge in [0.05, 0.1) is 22.4 Å². The van der Waals surface area contributed by atoms with Crippen LogP contribution in [0.4, 0.5) is 34.1 Å². The zero-order valence-corrected chi connectivity index (χ0v) is 42.4. The van der Waals surface area contributed by atoms with E-state index in [4.69, 9.17) is 8.83 Å². The summed E-state index contributed by atoms with van der Waals surface area (Å²) in [6.45, 7) is 33.6. The lowest BCUT2D eigenvalue weighted by Gasteiger charge is -2.47. The predicted octanol–water partition coefficient (Wildman–Crippen LogP) is 15.7. The number of para-hydroxylation sites is 1. The fourth-order valence-corrected chi connectivity index (χ4v) is 12.6. The standard InChI is InChI=1S/C62H67BN2O2/c1-57(2,3)36-22-25-51-40(30-36)55-56(67-51)63-45-34-43-44(62(13,14)29-28-61(43,11)12)35-47(45)64(38-23-24-41-42(33-38)60(9,10)27-26-59(41,7)8)48-31-37(58(4,5)6)32-49(54(48)63)65(55)46-19-17-21-52-53(46)39-18-15-16-20-50(39)66-52/h15-25,30-35H,26-29H2,1-14H3. The third-order valence-electron chi connectivity index (χ3n) is 17.1. The number of hydrogen-bond acceptors (Lipinski definition) is 4. The Morgan fingerprint density at radius 1 is 0.463 bits per heavy atom. The fourth-order valence-electron chi connectivity index (χ4n) is 12.6. The minimum atomic E-state index is -0.158. The normalized spacial score (nSPS) is 18.7. The van der Waals surface area contributed by atoms with Gasteiger partial charge in [-0.2, -0.15) is 0 Å². The van der Waals surface area contributed by atoms with Crippen molar-refractivity contribution in [1.82, 2.24) is 0 Å². The number of hydrogen-bond donors (Lipinski definition) is 0. The minimum absolute atomic E-state index is 0.0162. The van der Waals surface area contributed by atoms with Crippen LogP contribution < -0.4 is 26.4 Å². The zero-order valence-electron chi connectivity index (χ0n) is 42.4. The van der Waals surface area contributed by atoms with E-state index in [0.29, 0.717) is 0 Å². The molecule has 4 heterocycles. The first-order valence-electron chi connectivity index (χ1n) is 25.0. The smallest absolute Gasteiger partial charge is 0.297 e. The highest BCUT2D eigenvalue weighted by Gasteiger charge is 2.50. The lowest BCUT2D eigenvalue weighted by atomic mass is 9.35. The van der Waals surface area contributed by atoms with Crippen molar-refractivity contribution < 1.29 is 8.83 Å². The van der Waals surface area contributed by atoms with Gasteiger partial charge < -0.3 is 18.6 Å². The molecule has 0 amide bonds. The molecule has 2 aliphatic heterocycles. The minimum Gasteiger partial charge on any atom is -0.468 e.